The first kappa shape index (κ1) is 8.91. The van der Waals surface area contributed by atoms with Crippen LogP contribution in [0.2, 0.25) is 0 Å². The molecular weight excluding hydrogens is 160 g/mol. The highest BCUT2D eigenvalue weighted by Crippen LogP contribution is 2.28. The van der Waals surface area contributed by atoms with Crippen molar-refractivity contribution < 1.29 is 9.53 Å². The summed E-state index contributed by atoms with van der Waals surface area (Å²) in [5.41, 5.74) is 0. The summed E-state index contributed by atoms with van der Waals surface area (Å²) in [6.07, 6.45) is 6.24. The van der Waals surface area contributed by atoms with Gasteiger partial charge in [0, 0.05) is 5.25 Å². The van der Waals surface area contributed by atoms with Crippen LogP contribution in [0, 0.1) is 0 Å². The van der Waals surface area contributed by atoms with Gasteiger partial charge in [0.05, 0.1) is 7.11 Å². The Morgan fingerprint density at radius 3 is 2.55 bits per heavy atom. The van der Waals surface area contributed by atoms with Gasteiger partial charge in [-0.3, -0.25) is 0 Å². The van der Waals surface area contributed by atoms with E-state index < -0.39 is 0 Å². The molecule has 0 heterocycles. The van der Waals surface area contributed by atoms with E-state index in [0.29, 0.717) is 5.25 Å². The van der Waals surface area contributed by atoms with Crippen molar-refractivity contribution in [2.24, 2.45) is 0 Å². The van der Waals surface area contributed by atoms with Crippen LogP contribution in [0.4, 0.5) is 4.79 Å². The van der Waals surface area contributed by atoms with E-state index in [1.807, 2.05) is 0 Å². The second-order valence-electron chi connectivity index (χ2n) is 2.83. The summed E-state index contributed by atoms with van der Waals surface area (Å²) in [6, 6.07) is 0. The van der Waals surface area contributed by atoms with Crippen LogP contribution in [0.15, 0.2) is 0 Å². The third-order valence-corrected chi connectivity index (χ3v) is 3.15. The molecule has 0 radical (unpaired) electrons. The predicted octanol–water partition coefficient (Wildman–Crippen LogP) is 2.82. The smallest absolute Gasteiger partial charge is 0.367 e. The zero-order valence-corrected chi connectivity index (χ0v) is 7.65. The van der Waals surface area contributed by atoms with E-state index in [-0.39, 0.29) is 5.30 Å². The lowest BCUT2D eigenvalue weighted by atomic mass is 10.0. The molecule has 1 saturated carbocycles. The number of hydrogen-bond acceptors (Lipinski definition) is 3. The van der Waals surface area contributed by atoms with Crippen LogP contribution >= 0.6 is 11.8 Å². The molecule has 0 unspecified atom stereocenters. The quantitative estimate of drug-likeness (QED) is 0.572. The Hall–Kier alpha value is -0.180. The van der Waals surface area contributed by atoms with Crippen molar-refractivity contribution in [3.05, 3.63) is 0 Å². The summed E-state index contributed by atoms with van der Waals surface area (Å²) in [5.74, 6) is 0. The Labute approximate surface area is 71.7 Å². The molecule has 1 aliphatic carbocycles. The van der Waals surface area contributed by atoms with Gasteiger partial charge in [-0.25, -0.2) is 4.79 Å². The first-order chi connectivity index (χ1) is 5.33. The van der Waals surface area contributed by atoms with Gasteiger partial charge in [-0.2, -0.15) is 0 Å². The lowest BCUT2D eigenvalue weighted by Crippen LogP contribution is -2.10. The maximum Gasteiger partial charge on any atom is 0.367 e. The molecule has 0 aliphatic heterocycles. The van der Waals surface area contributed by atoms with Gasteiger partial charge in [-0.1, -0.05) is 19.3 Å². The molecule has 1 fully saturated rings. The standard InChI is InChI=1S/C8H14O2S/c1-10-8(9)11-7-5-3-2-4-6-7/h7H,2-6H2,1H3. The minimum atomic E-state index is -0.128. The molecule has 0 N–H and O–H groups in total. The Morgan fingerprint density at radius 2 is 2.00 bits per heavy atom. The first-order valence-electron chi connectivity index (χ1n) is 4.07. The van der Waals surface area contributed by atoms with Crippen LogP contribution in [0.3, 0.4) is 0 Å². The SMILES string of the molecule is COC(=O)SC1CCCCC1. The van der Waals surface area contributed by atoms with E-state index in [2.05, 4.69) is 4.74 Å². The van der Waals surface area contributed by atoms with Crippen molar-refractivity contribution in [2.75, 3.05) is 7.11 Å². The molecule has 0 aromatic rings. The second-order valence-corrected chi connectivity index (χ2v) is 4.07. The largest absolute Gasteiger partial charge is 0.461 e. The Kier molecular flexibility index (Phi) is 3.77. The van der Waals surface area contributed by atoms with E-state index in [1.54, 1.807) is 0 Å². The lowest BCUT2D eigenvalue weighted by molar-refractivity contribution is 0.200. The van der Waals surface area contributed by atoms with Crippen molar-refractivity contribution in [2.45, 2.75) is 37.4 Å². The highest BCUT2D eigenvalue weighted by atomic mass is 32.2. The van der Waals surface area contributed by atoms with Crippen molar-refractivity contribution in [1.29, 1.82) is 0 Å². The number of thioether (sulfide) groups is 1. The van der Waals surface area contributed by atoms with Gasteiger partial charge < -0.3 is 4.74 Å². The zero-order valence-electron chi connectivity index (χ0n) is 6.84. The molecule has 3 heteroatoms. The maximum absolute atomic E-state index is 10.8. The number of ether oxygens (including phenoxy) is 1. The second kappa shape index (κ2) is 4.65. The molecule has 2 nitrogen and oxygen atoms in total. The van der Waals surface area contributed by atoms with E-state index >= 15 is 0 Å². The minimum absolute atomic E-state index is 0.128. The highest BCUT2D eigenvalue weighted by molar-refractivity contribution is 8.13. The molecular formula is C8H14O2S. The first-order valence-corrected chi connectivity index (χ1v) is 4.95. The normalized spacial score (nSPS) is 19.7. The number of methoxy groups -OCH3 is 1. The highest BCUT2D eigenvalue weighted by Gasteiger charge is 2.17. The predicted molar refractivity (Wildman–Crippen MR) is 46.9 cm³/mol. The summed E-state index contributed by atoms with van der Waals surface area (Å²) in [5, 5.41) is 0.396. The number of hydrogen-bond donors (Lipinski definition) is 0. The third-order valence-electron chi connectivity index (χ3n) is 1.98. The molecule has 0 aromatic carbocycles. The van der Waals surface area contributed by atoms with Crippen LogP contribution in [-0.4, -0.2) is 17.7 Å². The average Bonchev–Trinajstić information content (AvgIpc) is 2.06. The number of carbonyl (C=O) groups excluding carboxylic acids is 1. The molecule has 0 amide bonds. The van der Waals surface area contributed by atoms with Crippen LogP contribution < -0.4 is 0 Å². The summed E-state index contributed by atoms with van der Waals surface area (Å²) in [7, 11) is 1.44. The molecule has 0 aromatic heterocycles. The third kappa shape index (κ3) is 3.14. The molecule has 0 spiro atoms. The van der Waals surface area contributed by atoms with Gasteiger partial charge in [0.15, 0.2) is 0 Å². The summed E-state index contributed by atoms with van der Waals surface area (Å²) < 4.78 is 4.58. The molecule has 0 saturated heterocycles. The van der Waals surface area contributed by atoms with Crippen LogP contribution in [0.25, 0.3) is 0 Å². The monoisotopic (exact) mass is 174 g/mol. The number of rotatable bonds is 1. The summed E-state index contributed by atoms with van der Waals surface area (Å²) >= 11 is 1.36. The molecule has 0 atom stereocenters. The van der Waals surface area contributed by atoms with Crippen molar-refractivity contribution >= 4 is 17.1 Å². The molecule has 11 heavy (non-hydrogen) atoms. The maximum atomic E-state index is 10.8. The lowest BCUT2D eigenvalue weighted by Gasteiger charge is -2.18. The zero-order chi connectivity index (χ0) is 8.10. The van der Waals surface area contributed by atoms with Gasteiger partial charge in [0.1, 0.15) is 0 Å². The van der Waals surface area contributed by atoms with Crippen LogP contribution in [-0.2, 0) is 4.74 Å². The fourth-order valence-corrected chi connectivity index (χ4v) is 2.30. The van der Waals surface area contributed by atoms with Gasteiger partial charge in [0.2, 0.25) is 0 Å². The van der Waals surface area contributed by atoms with Gasteiger partial charge >= 0.3 is 5.30 Å². The molecule has 1 rings (SSSR count). The fraction of sp³-hybridized carbons (Fsp3) is 0.875. The van der Waals surface area contributed by atoms with Crippen molar-refractivity contribution in [3.63, 3.8) is 0 Å². The average molecular weight is 174 g/mol. The van der Waals surface area contributed by atoms with E-state index in [4.69, 9.17) is 0 Å². The van der Waals surface area contributed by atoms with Crippen LogP contribution in [0.5, 0.6) is 0 Å². The van der Waals surface area contributed by atoms with E-state index in [0.717, 1.165) is 0 Å². The Morgan fingerprint density at radius 1 is 1.36 bits per heavy atom. The summed E-state index contributed by atoms with van der Waals surface area (Å²) in [4.78, 5) is 10.8. The molecule has 64 valence electrons. The number of carbonyl (C=O) groups is 1. The summed E-state index contributed by atoms with van der Waals surface area (Å²) in [6.45, 7) is 0. The van der Waals surface area contributed by atoms with Crippen molar-refractivity contribution in [3.8, 4) is 0 Å². The molecule has 0 bridgehead atoms. The van der Waals surface area contributed by atoms with Crippen molar-refractivity contribution in [1.82, 2.24) is 0 Å². The van der Waals surface area contributed by atoms with Gasteiger partial charge in [-0.15, -0.1) is 0 Å². The van der Waals surface area contributed by atoms with Gasteiger partial charge in [0.25, 0.3) is 0 Å². The fourth-order valence-electron chi connectivity index (χ4n) is 1.37. The Balaban J connectivity index is 2.19. The minimum Gasteiger partial charge on any atom is -0.461 e. The van der Waals surface area contributed by atoms with E-state index in [1.165, 1.54) is 51.0 Å². The van der Waals surface area contributed by atoms with E-state index in [9.17, 15) is 4.79 Å². The Bertz CT molecular complexity index is 130. The topological polar surface area (TPSA) is 26.3 Å². The van der Waals surface area contributed by atoms with Gasteiger partial charge in [-0.05, 0) is 24.6 Å². The van der Waals surface area contributed by atoms with Crippen LogP contribution in [0.1, 0.15) is 32.1 Å². The molecule has 1 aliphatic rings.